The Balaban J connectivity index is 0.937. The van der Waals surface area contributed by atoms with Gasteiger partial charge in [0.1, 0.15) is 0 Å². The van der Waals surface area contributed by atoms with E-state index in [9.17, 15) is 0 Å². The van der Waals surface area contributed by atoms with E-state index in [4.69, 9.17) is 0 Å². The molecular weight excluding hydrogens is 1220 g/mol. The molecule has 5 heteroatoms. The van der Waals surface area contributed by atoms with Crippen molar-refractivity contribution in [1.29, 1.82) is 0 Å². The van der Waals surface area contributed by atoms with Gasteiger partial charge in [0.25, 0.3) is 6.71 Å². The Hall–Kier alpha value is -10.1. The Kier molecular flexibility index (Phi) is 15.4. The van der Waals surface area contributed by atoms with Gasteiger partial charge in [-0.25, -0.2) is 0 Å². The van der Waals surface area contributed by atoms with E-state index in [0.717, 1.165) is 51.4 Å². The summed E-state index contributed by atoms with van der Waals surface area (Å²) in [6.45, 7) is -0.0801. The largest absolute Gasteiger partial charge is 0.334 e. The molecule has 4 nitrogen and oxygen atoms in total. The summed E-state index contributed by atoms with van der Waals surface area (Å²) >= 11 is 0. The minimum Gasteiger partial charge on any atom is -0.334 e. The SMILES string of the molecule is C1=CCC(C2=CCCC(C3=CCCCC3)C2N2c3cc(-n4c5ccccc5c5ccccc54)ccc3B3c4ccc(-n5c6ccccc6c6ccccc65)cc4N(C4C(C5CC=CCC5)=CCCC4C4=CCCCC4)c4cc(-c5cc(-c6ccccc6)cc(-c6ccccc6)c5)cc2c43)CC1. The lowest BCUT2D eigenvalue weighted by atomic mass is 9.33. The molecule has 2 aromatic heterocycles. The molecule has 10 aromatic carbocycles. The molecule has 12 aromatic rings. The third kappa shape index (κ3) is 10.3. The number of aromatic nitrogens is 2. The summed E-state index contributed by atoms with van der Waals surface area (Å²) in [7, 11) is 0. The van der Waals surface area contributed by atoms with Crippen molar-refractivity contribution in [2.24, 2.45) is 23.7 Å². The van der Waals surface area contributed by atoms with Crippen molar-refractivity contribution in [2.45, 2.75) is 128 Å². The van der Waals surface area contributed by atoms with Crippen LogP contribution in [0.15, 0.2) is 295 Å². The zero-order valence-electron chi connectivity index (χ0n) is 58.0. The molecule has 6 aliphatic carbocycles. The molecule has 6 unspecified atom stereocenters. The highest BCUT2D eigenvalue weighted by Gasteiger charge is 2.51. The molecule has 0 bridgehead atoms. The van der Waals surface area contributed by atoms with Crippen molar-refractivity contribution in [3.63, 3.8) is 0 Å². The summed E-state index contributed by atoms with van der Waals surface area (Å²) in [5, 5.41) is 5.17. The van der Waals surface area contributed by atoms with Crippen LogP contribution >= 0.6 is 0 Å². The summed E-state index contributed by atoms with van der Waals surface area (Å²) in [6.07, 6.45) is 42.1. The number of rotatable bonds is 11. The van der Waals surface area contributed by atoms with Gasteiger partial charge in [-0.2, -0.15) is 0 Å². The zero-order valence-corrected chi connectivity index (χ0v) is 58.0. The smallest absolute Gasteiger partial charge is 0.252 e. The van der Waals surface area contributed by atoms with Gasteiger partial charge in [-0.1, -0.05) is 205 Å². The lowest BCUT2D eigenvalue weighted by Crippen LogP contribution is -2.65. The molecule has 0 amide bonds. The molecule has 2 aliphatic heterocycles. The van der Waals surface area contributed by atoms with Gasteiger partial charge >= 0.3 is 0 Å². The maximum atomic E-state index is 3.06. The zero-order chi connectivity index (χ0) is 66.5. The third-order valence-electron chi connectivity index (χ3n) is 25.1. The van der Waals surface area contributed by atoms with Crippen LogP contribution in [0.1, 0.15) is 116 Å². The summed E-state index contributed by atoms with van der Waals surface area (Å²) < 4.78 is 5.19. The maximum Gasteiger partial charge on any atom is 0.252 e. The van der Waals surface area contributed by atoms with Crippen molar-refractivity contribution in [1.82, 2.24) is 9.13 Å². The number of hydrogen-bond acceptors (Lipinski definition) is 2. The number of allylic oxidation sites excluding steroid dienone is 8. The molecule has 0 saturated carbocycles. The van der Waals surface area contributed by atoms with Crippen LogP contribution in [0.3, 0.4) is 0 Å². The van der Waals surface area contributed by atoms with E-state index in [1.54, 1.807) is 22.3 Å². The van der Waals surface area contributed by atoms with Crippen molar-refractivity contribution >= 4 is 89.5 Å². The minimum absolute atomic E-state index is 0.0801. The van der Waals surface area contributed by atoms with Crippen LogP contribution in [-0.4, -0.2) is 27.9 Å². The first-order valence-electron chi connectivity index (χ1n) is 38.5. The quantitative estimate of drug-likeness (QED) is 0.0948. The van der Waals surface area contributed by atoms with Gasteiger partial charge in [0.2, 0.25) is 0 Å². The monoisotopic (exact) mass is 1310 g/mol. The molecule has 0 spiro atoms. The van der Waals surface area contributed by atoms with Gasteiger partial charge < -0.3 is 18.9 Å². The van der Waals surface area contributed by atoms with Gasteiger partial charge in [-0.3, -0.25) is 0 Å². The third-order valence-corrected chi connectivity index (χ3v) is 25.1. The van der Waals surface area contributed by atoms with E-state index in [0.29, 0.717) is 23.7 Å². The predicted molar refractivity (Wildman–Crippen MR) is 429 cm³/mol. The van der Waals surface area contributed by atoms with Crippen molar-refractivity contribution in [3.05, 3.63) is 295 Å². The highest BCUT2D eigenvalue weighted by molar-refractivity contribution is 7.00. The van der Waals surface area contributed by atoms with E-state index in [1.807, 2.05) is 0 Å². The topological polar surface area (TPSA) is 16.3 Å². The first-order valence-corrected chi connectivity index (χ1v) is 38.5. The van der Waals surface area contributed by atoms with Crippen LogP contribution in [0.5, 0.6) is 0 Å². The fourth-order valence-corrected chi connectivity index (χ4v) is 20.6. The number of nitrogens with zero attached hydrogens (tertiary/aromatic N) is 4. The number of hydrogen-bond donors (Lipinski definition) is 0. The molecule has 20 rings (SSSR count). The summed E-state index contributed by atoms with van der Waals surface area (Å²) in [5.41, 5.74) is 31.3. The molecule has 101 heavy (non-hydrogen) atoms. The lowest BCUT2D eigenvalue weighted by Gasteiger charge is -2.53. The van der Waals surface area contributed by atoms with Gasteiger partial charge in [-0.05, 0) is 267 Å². The molecule has 494 valence electrons. The Morgan fingerprint density at radius 2 is 0.703 bits per heavy atom. The predicted octanol–water partition coefficient (Wildman–Crippen LogP) is 23.4. The maximum absolute atomic E-state index is 3.06. The Morgan fingerprint density at radius 1 is 0.307 bits per heavy atom. The molecule has 0 saturated heterocycles. The number of para-hydroxylation sites is 4. The van der Waals surface area contributed by atoms with Crippen LogP contribution in [0.2, 0.25) is 0 Å². The van der Waals surface area contributed by atoms with E-state index in [-0.39, 0.29) is 18.8 Å². The first kappa shape index (κ1) is 60.8. The fraction of sp³-hybridized carbons (Fsp3) is 0.250. The molecule has 8 aliphatic rings. The molecule has 4 heterocycles. The Morgan fingerprint density at radius 3 is 1.10 bits per heavy atom. The van der Waals surface area contributed by atoms with Crippen LogP contribution in [0, 0.1) is 23.7 Å². The van der Waals surface area contributed by atoms with Crippen molar-refractivity contribution < 1.29 is 0 Å². The lowest BCUT2D eigenvalue weighted by molar-refractivity contribution is 0.391. The van der Waals surface area contributed by atoms with E-state index in [2.05, 4.69) is 292 Å². The molecule has 0 radical (unpaired) electrons. The standard InChI is InChI=1S/C96H87BN4/c1-7-29-64(30-8-1)70-57-71(65-31-9-2-10-32-65)59-72(58-70)73-60-92-94-93(61-73)101(96-78(68-37-15-5-16-38-68)47-28-48-79(96)69-39-17-6-18-40-69)91-63-75(99-88-51-25-21-43-82(88)83-44-22-26-52-89(83)99)54-56-85(91)97(94)84-55-53-74(98-86-49-23-19-41-80(86)81-42-20-24-50-87(81)98)62-90(84)100(92)95-76(66-33-11-3-12-34-66)45-27-46-77(95)67-35-13-4-14-36-67/h1-3,5,7-11,15,19-26,29-32,35,39,41-45,47,49-63,66,68,77,79,95-96H,4,6,12-14,16-18,27-28,33-34,36-38,40,46,48H2. The van der Waals surface area contributed by atoms with Crippen LogP contribution in [0.4, 0.5) is 22.7 Å². The van der Waals surface area contributed by atoms with Crippen LogP contribution < -0.4 is 26.2 Å². The normalized spacial score (nSPS) is 21.8. The van der Waals surface area contributed by atoms with Gasteiger partial charge in [0.05, 0.1) is 34.2 Å². The van der Waals surface area contributed by atoms with Crippen LogP contribution in [-0.2, 0) is 0 Å². The summed E-state index contributed by atoms with van der Waals surface area (Å²) in [5.74, 6) is 1.61. The molecule has 0 N–H and O–H groups in total. The molecule has 0 fully saturated rings. The molecular formula is C96H87BN4. The number of benzene rings is 10. The number of anilines is 4. The second kappa shape index (κ2) is 25.5. The first-order chi connectivity index (χ1) is 50.1. The van der Waals surface area contributed by atoms with Crippen molar-refractivity contribution in [2.75, 3.05) is 9.80 Å². The summed E-state index contributed by atoms with van der Waals surface area (Å²) in [4.78, 5) is 6.13. The van der Waals surface area contributed by atoms with Crippen molar-refractivity contribution in [3.8, 4) is 44.8 Å². The Labute approximate surface area is 596 Å². The van der Waals surface area contributed by atoms with E-state index in [1.165, 1.54) is 192 Å². The summed E-state index contributed by atoms with van der Waals surface area (Å²) in [6, 6.07) is 87.9. The fourth-order valence-electron chi connectivity index (χ4n) is 20.6. The Bertz CT molecular complexity index is 5020. The van der Waals surface area contributed by atoms with Gasteiger partial charge in [0, 0.05) is 67.5 Å². The van der Waals surface area contributed by atoms with E-state index >= 15 is 0 Å². The minimum atomic E-state index is -0.0801. The van der Waals surface area contributed by atoms with Gasteiger partial charge in [0.15, 0.2) is 0 Å². The second-order valence-electron chi connectivity index (χ2n) is 30.5. The van der Waals surface area contributed by atoms with Gasteiger partial charge in [-0.15, -0.1) is 0 Å². The highest BCUT2D eigenvalue weighted by Crippen LogP contribution is 2.54. The second-order valence-corrected chi connectivity index (χ2v) is 30.5. The molecule has 6 atom stereocenters. The average molecular weight is 1310 g/mol. The highest BCUT2D eigenvalue weighted by atomic mass is 15.2. The van der Waals surface area contributed by atoms with E-state index < -0.39 is 0 Å². The van der Waals surface area contributed by atoms with Crippen LogP contribution in [0.25, 0.3) is 88.4 Å². The average Bonchev–Trinajstić information content (AvgIpc) is 0.779. The number of fused-ring (bicyclic) bond motifs is 10.